The molecule has 3 atom stereocenters. The lowest BCUT2D eigenvalue weighted by atomic mass is 9.67. The van der Waals surface area contributed by atoms with Crippen molar-refractivity contribution in [1.82, 2.24) is 0 Å². The number of piperidine rings is 1. The van der Waals surface area contributed by atoms with E-state index in [-0.39, 0.29) is 12.4 Å². The first kappa shape index (κ1) is 17.4. The molecule has 1 heterocycles. The summed E-state index contributed by atoms with van der Waals surface area (Å²) in [5, 5.41) is 13.4. The van der Waals surface area contributed by atoms with E-state index in [1.54, 1.807) is 14.2 Å². The molecule has 2 fully saturated rings. The molecule has 0 unspecified atom stereocenters. The van der Waals surface area contributed by atoms with Crippen molar-refractivity contribution in [3.63, 3.8) is 0 Å². The van der Waals surface area contributed by atoms with Crippen molar-refractivity contribution in [3.8, 4) is 11.5 Å². The number of hydrogen-bond acceptors (Lipinski definition) is 3. The van der Waals surface area contributed by atoms with Crippen LogP contribution in [-0.2, 0) is 0 Å². The Hall–Kier alpha value is -0.970. The maximum absolute atomic E-state index is 11.0. The van der Waals surface area contributed by atoms with Gasteiger partial charge in [0, 0.05) is 17.9 Å². The average molecular weight is 328 g/mol. The lowest BCUT2D eigenvalue weighted by Gasteiger charge is -2.46. The second-order valence-electron chi connectivity index (χ2n) is 6.37. The van der Waals surface area contributed by atoms with Gasteiger partial charge in [0.1, 0.15) is 6.04 Å². The first-order valence-electron chi connectivity index (χ1n) is 7.95. The topological polar surface area (TPSA) is 55.3 Å². The molecule has 1 saturated carbocycles. The third kappa shape index (κ3) is 3.05. The van der Waals surface area contributed by atoms with Crippen molar-refractivity contribution >= 4 is 0 Å². The number of nitrogens with two attached hydrogens (primary N) is 1. The molecule has 0 bridgehead atoms. The van der Waals surface area contributed by atoms with Crippen LogP contribution >= 0.6 is 0 Å². The van der Waals surface area contributed by atoms with Gasteiger partial charge in [-0.05, 0) is 31.0 Å². The molecule has 1 aromatic carbocycles. The van der Waals surface area contributed by atoms with E-state index in [4.69, 9.17) is 9.47 Å². The van der Waals surface area contributed by atoms with Gasteiger partial charge < -0.3 is 32.3 Å². The van der Waals surface area contributed by atoms with E-state index in [0.29, 0.717) is 12.0 Å². The van der Waals surface area contributed by atoms with Crippen molar-refractivity contribution < 1.29 is 32.3 Å². The van der Waals surface area contributed by atoms with E-state index in [9.17, 15) is 5.11 Å². The van der Waals surface area contributed by atoms with Crippen LogP contribution in [-0.4, -0.2) is 31.5 Å². The molecule has 0 amide bonds. The number of rotatable bonds is 3. The predicted molar refractivity (Wildman–Crippen MR) is 80.6 cm³/mol. The molecule has 2 aliphatic rings. The maximum atomic E-state index is 11.0. The Labute approximate surface area is 138 Å². The maximum Gasteiger partial charge on any atom is 0.161 e. The Morgan fingerprint density at radius 2 is 1.91 bits per heavy atom. The molecule has 4 nitrogen and oxygen atoms in total. The Morgan fingerprint density at radius 3 is 2.64 bits per heavy atom. The molecular formula is C17H26ClNO3. The zero-order chi connectivity index (χ0) is 14.9. The summed E-state index contributed by atoms with van der Waals surface area (Å²) in [7, 11) is 3.33. The molecule has 1 aromatic rings. The highest BCUT2D eigenvalue weighted by molar-refractivity contribution is 5.43. The van der Waals surface area contributed by atoms with E-state index in [0.717, 1.165) is 43.7 Å². The van der Waals surface area contributed by atoms with Gasteiger partial charge in [-0.1, -0.05) is 12.8 Å². The van der Waals surface area contributed by atoms with E-state index >= 15 is 0 Å². The van der Waals surface area contributed by atoms with E-state index in [2.05, 4.69) is 17.4 Å². The first-order valence-corrected chi connectivity index (χ1v) is 7.95. The van der Waals surface area contributed by atoms with Crippen molar-refractivity contribution in [2.75, 3.05) is 20.8 Å². The van der Waals surface area contributed by atoms with Crippen LogP contribution in [0.1, 0.15) is 43.7 Å². The van der Waals surface area contributed by atoms with Gasteiger partial charge in [-0.25, -0.2) is 0 Å². The SMILES string of the molecule is COc1ccc([C@H]2[NH2+]CC[C@@]3(O)CCCC[C@H]23)cc1OC.[Cl-]. The van der Waals surface area contributed by atoms with Gasteiger partial charge in [-0.15, -0.1) is 0 Å². The summed E-state index contributed by atoms with van der Waals surface area (Å²) in [6.07, 6.45) is 5.37. The van der Waals surface area contributed by atoms with Gasteiger partial charge in [0.25, 0.3) is 0 Å². The number of hydrogen-bond donors (Lipinski definition) is 2. The molecule has 0 aromatic heterocycles. The molecular weight excluding hydrogens is 302 g/mol. The fraction of sp³-hybridized carbons (Fsp3) is 0.647. The van der Waals surface area contributed by atoms with Crippen molar-refractivity contribution in [1.29, 1.82) is 0 Å². The van der Waals surface area contributed by atoms with Crippen LogP contribution in [0.2, 0.25) is 0 Å². The molecule has 1 aliphatic carbocycles. The minimum absolute atomic E-state index is 0. The summed E-state index contributed by atoms with van der Waals surface area (Å²) in [4.78, 5) is 0. The summed E-state index contributed by atoms with van der Waals surface area (Å²) in [6.45, 7) is 0.992. The summed E-state index contributed by atoms with van der Waals surface area (Å²) in [5.74, 6) is 1.88. The standard InChI is InChI=1S/C17H25NO3.ClH/c1-20-14-7-6-12(11-15(14)21-2)16-13-5-3-4-8-17(13,19)9-10-18-16;/h6-7,11,13,16,18-19H,3-5,8-10H2,1-2H3;1H/t13-,16-,17+;/m1./s1. The smallest absolute Gasteiger partial charge is 0.161 e. The van der Waals surface area contributed by atoms with E-state index in [1.807, 2.05) is 6.07 Å². The largest absolute Gasteiger partial charge is 1.00 e. The average Bonchev–Trinajstić information content (AvgIpc) is 2.53. The van der Waals surface area contributed by atoms with Crippen LogP contribution in [0.25, 0.3) is 0 Å². The molecule has 5 heteroatoms. The van der Waals surface area contributed by atoms with Crippen LogP contribution in [0.15, 0.2) is 18.2 Å². The monoisotopic (exact) mass is 327 g/mol. The lowest BCUT2D eigenvalue weighted by Crippen LogP contribution is -3.00. The first-order chi connectivity index (χ1) is 10.2. The minimum atomic E-state index is -0.467. The number of halogens is 1. The summed E-state index contributed by atoms with van der Waals surface area (Å²) < 4.78 is 10.7. The van der Waals surface area contributed by atoms with Gasteiger partial charge in [0.15, 0.2) is 11.5 Å². The third-order valence-corrected chi connectivity index (χ3v) is 5.29. The highest BCUT2D eigenvalue weighted by Gasteiger charge is 2.48. The molecule has 22 heavy (non-hydrogen) atoms. The number of quaternary nitrogens is 1. The van der Waals surface area contributed by atoms with Gasteiger partial charge in [0.2, 0.25) is 0 Å². The van der Waals surface area contributed by atoms with Gasteiger partial charge in [0.05, 0.1) is 26.4 Å². The molecule has 0 spiro atoms. The van der Waals surface area contributed by atoms with Gasteiger partial charge in [-0.3, -0.25) is 0 Å². The highest BCUT2D eigenvalue weighted by atomic mass is 35.5. The van der Waals surface area contributed by atoms with E-state index in [1.165, 1.54) is 12.0 Å². The summed E-state index contributed by atoms with van der Waals surface area (Å²) in [5.41, 5.74) is 0.767. The van der Waals surface area contributed by atoms with Crippen LogP contribution in [0.4, 0.5) is 0 Å². The second kappa shape index (κ2) is 7.07. The Bertz CT molecular complexity index is 507. The third-order valence-electron chi connectivity index (χ3n) is 5.29. The number of ether oxygens (including phenoxy) is 2. The van der Waals surface area contributed by atoms with Crippen LogP contribution in [0.3, 0.4) is 0 Å². The Kier molecular flexibility index (Phi) is 5.59. The van der Waals surface area contributed by atoms with Crippen molar-refractivity contribution in [3.05, 3.63) is 23.8 Å². The highest BCUT2D eigenvalue weighted by Crippen LogP contribution is 2.44. The minimum Gasteiger partial charge on any atom is -1.00 e. The second-order valence-corrected chi connectivity index (χ2v) is 6.37. The van der Waals surface area contributed by atoms with Gasteiger partial charge in [-0.2, -0.15) is 0 Å². The Balaban J connectivity index is 0.00000176. The lowest BCUT2D eigenvalue weighted by molar-refractivity contribution is -0.719. The summed E-state index contributed by atoms with van der Waals surface area (Å²) >= 11 is 0. The fourth-order valence-corrected chi connectivity index (χ4v) is 4.18. The number of methoxy groups -OCH3 is 2. The molecule has 0 radical (unpaired) electrons. The molecule has 124 valence electrons. The van der Waals surface area contributed by atoms with Crippen LogP contribution < -0.4 is 27.2 Å². The predicted octanol–water partition coefficient (Wildman–Crippen LogP) is -1.36. The van der Waals surface area contributed by atoms with Crippen molar-refractivity contribution in [2.24, 2.45) is 5.92 Å². The molecule has 1 saturated heterocycles. The molecule has 1 aliphatic heterocycles. The van der Waals surface area contributed by atoms with Crippen molar-refractivity contribution in [2.45, 2.75) is 43.7 Å². The number of benzene rings is 1. The molecule has 3 rings (SSSR count). The van der Waals surface area contributed by atoms with Gasteiger partial charge >= 0.3 is 0 Å². The van der Waals surface area contributed by atoms with E-state index < -0.39 is 5.60 Å². The fourth-order valence-electron chi connectivity index (χ4n) is 4.18. The quantitative estimate of drug-likeness (QED) is 0.721. The van der Waals surface area contributed by atoms with Crippen LogP contribution in [0, 0.1) is 5.92 Å². The normalized spacial score (nSPS) is 30.9. The zero-order valence-corrected chi connectivity index (χ0v) is 14.1. The Morgan fingerprint density at radius 1 is 1.14 bits per heavy atom. The number of aliphatic hydroxyl groups is 1. The summed E-state index contributed by atoms with van der Waals surface area (Å²) in [6, 6.07) is 6.48. The molecule has 3 N–H and O–H groups in total. The number of fused-ring (bicyclic) bond motifs is 1. The van der Waals surface area contributed by atoms with Crippen LogP contribution in [0.5, 0.6) is 11.5 Å². The zero-order valence-electron chi connectivity index (χ0n) is 13.3.